The third-order valence-corrected chi connectivity index (χ3v) is 7.07. The second-order valence-electron chi connectivity index (χ2n) is 9.18. The van der Waals surface area contributed by atoms with Crippen molar-refractivity contribution in [3.63, 3.8) is 0 Å². The van der Waals surface area contributed by atoms with Crippen LogP contribution in [-0.4, -0.2) is 39.9 Å². The number of ether oxygens (including phenoxy) is 1. The molecular weight excluding hydrogens is 417 g/mol. The van der Waals surface area contributed by atoms with Crippen molar-refractivity contribution in [3.8, 4) is 11.1 Å². The van der Waals surface area contributed by atoms with Crippen LogP contribution in [0.25, 0.3) is 11.1 Å². The monoisotopic (exact) mass is 447 g/mol. The second-order valence-corrected chi connectivity index (χ2v) is 9.18. The molecule has 3 aromatic rings. The van der Waals surface area contributed by atoms with E-state index in [9.17, 15) is 4.39 Å². The van der Waals surface area contributed by atoms with Crippen LogP contribution in [0.15, 0.2) is 49.1 Å². The molecule has 3 heterocycles. The van der Waals surface area contributed by atoms with Gasteiger partial charge in [0.1, 0.15) is 5.82 Å². The van der Waals surface area contributed by atoms with Gasteiger partial charge in [-0.1, -0.05) is 19.1 Å². The van der Waals surface area contributed by atoms with Crippen LogP contribution in [0.4, 0.5) is 10.3 Å². The predicted octanol–water partition coefficient (Wildman–Crippen LogP) is 4.70. The number of aryl methyl sites for hydroxylation is 1. The van der Waals surface area contributed by atoms with Crippen LogP contribution in [0.1, 0.15) is 37.3 Å². The topological polar surface area (TPSA) is 64.0 Å². The molecule has 0 N–H and O–H groups in total. The van der Waals surface area contributed by atoms with Gasteiger partial charge in [0.15, 0.2) is 0 Å². The molecule has 1 saturated carbocycles. The Morgan fingerprint density at radius 3 is 2.55 bits per heavy atom. The Hall–Kier alpha value is -2.93. The van der Waals surface area contributed by atoms with Gasteiger partial charge in [-0.25, -0.2) is 14.4 Å². The van der Waals surface area contributed by atoms with E-state index < -0.39 is 0 Å². The maximum Gasteiger partial charge on any atom is 0.225 e. The normalized spacial score (nSPS) is 20.7. The average Bonchev–Trinajstić information content (AvgIpc) is 3.65. The number of rotatable bonds is 8. The SMILES string of the molecule is CCc1cnc(N2CCC([C@H]3C[C@H]3COCc3ccc(-c4ccnnc4)cc3F)CC2)nc1. The summed E-state index contributed by atoms with van der Waals surface area (Å²) in [5.74, 6) is 2.70. The van der Waals surface area contributed by atoms with Crippen molar-refractivity contribution in [2.75, 3.05) is 24.6 Å². The first kappa shape index (κ1) is 21.9. The van der Waals surface area contributed by atoms with Crippen molar-refractivity contribution in [1.82, 2.24) is 20.2 Å². The Morgan fingerprint density at radius 1 is 1.03 bits per heavy atom. The van der Waals surface area contributed by atoms with Gasteiger partial charge in [-0.2, -0.15) is 10.2 Å². The summed E-state index contributed by atoms with van der Waals surface area (Å²) in [5.41, 5.74) is 3.43. The minimum Gasteiger partial charge on any atom is -0.376 e. The number of anilines is 1. The summed E-state index contributed by atoms with van der Waals surface area (Å²) in [7, 11) is 0. The third-order valence-electron chi connectivity index (χ3n) is 7.07. The number of benzene rings is 1. The van der Waals surface area contributed by atoms with E-state index in [-0.39, 0.29) is 5.82 Å². The van der Waals surface area contributed by atoms with Crippen molar-refractivity contribution in [2.24, 2.45) is 17.8 Å². The number of hydrogen-bond acceptors (Lipinski definition) is 6. The van der Waals surface area contributed by atoms with Gasteiger partial charge in [-0.05, 0) is 66.7 Å². The number of piperidine rings is 1. The summed E-state index contributed by atoms with van der Waals surface area (Å²) in [4.78, 5) is 11.4. The molecule has 6 nitrogen and oxygen atoms in total. The molecule has 172 valence electrons. The third kappa shape index (κ3) is 5.19. The molecule has 1 aromatic carbocycles. The molecule has 0 amide bonds. The van der Waals surface area contributed by atoms with E-state index in [1.54, 1.807) is 24.5 Å². The largest absolute Gasteiger partial charge is 0.376 e. The lowest BCUT2D eigenvalue weighted by atomic mass is 9.91. The molecule has 1 saturated heterocycles. The fourth-order valence-corrected chi connectivity index (χ4v) is 4.89. The number of aromatic nitrogens is 4. The van der Waals surface area contributed by atoms with E-state index in [4.69, 9.17) is 4.74 Å². The Bertz CT molecular complexity index is 1050. The van der Waals surface area contributed by atoms with Gasteiger partial charge in [0.25, 0.3) is 0 Å². The molecule has 2 aromatic heterocycles. The fourth-order valence-electron chi connectivity index (χ4n) is 4.89. The van der Waals surface area contributed by atoms with Crippen molar-refractivity contribution in [3.05, 3.63) is 66.0 Å². The summed E-state index contributed by atoms with van der Waals surface area (Å²) >= 11 is 0. The highest BCUT2D eigenvalue weighted by molar-refractivity contribution is 5.62. The Morgan fingerprint density at radius 2 is 1.85 bits per heavy atom. The van der Waals surface area contributed by atoms with Gasteiger partial charge in [0.2, 0.25) is 5.95 Å². The minimum atomic E-state index is -0.238. The van der Waals surface area contributed by atoms with Crippen LogP contribution in [0.2, 0.25) is 0 Å². The average molecular weight is 448 g/mol. The van der Waals surface area contributed by atoms with E-state index in [1.165, 1.54) is 24.8 Å². The summed E-state index contributed by atoms with van der Waals surface area (Å²) in [5, 5.41) is 7.62. The quantitative estimate of drug-likeness (QED) is 0.499. The van der Waals surface area contributed by atoms with Gasteiger partial charge < -0.3 is 9.64 Å². The summed E-state index contributed by atoms with van der Waals surface area (Å²) in [6.07, 6.45) is 11.7. The molecule has 7 heteroatoms. The fraction of sp³-hybridized carbons (Fsp3) is 0.462. The molecular formula is C26H30FN5O. The molecule has 2 fully saturated rings. The second kappa shape index (κ2) is 9.91. The molecule has 2 aliphatic rings. The van der Waals surface area contributed by atoms with Crippen molar-refractivity contribution < 1.29 is 9.13 Å². The first-order chi connectivity index (χ1) is 16.2. The van der Waals surface area contributed by atoms with Crippen LogP contribution < -0.4 is 4.90 Å². The summed E-state index contributed by atoms with van der Waals surface area (Å²) < 4.78 is 20.4. The van der Waals surface area contributed by atoms with E-state index in [0.29, 0.717) is 24.7 Å². The maximum absolute atomic E-state index is 14.5. The highest BCUT2D eigenvalue weighted by Crippen LogP contribution is 2.48. The lowest BCUT2D eigenvalue weighted by molar-refractivity contribution is 0.102. The van der Waals surface area contributed by atoms with E-state index in [2.05, 4.69) is 32.0 Å². The summed E-state index contributed by atoms with van der Waals surface area (Å²) in [6, 6.07) is 7.08. The highest BCUT2D eigenvalue weighted by atomic mass is 19.1. The molecule has 0 spiro atoms. The molecule has 1 aliphatic heterocycles. The van der Waals surface area contributed by atoms with Crippen LogP contribution >= 0.6 is 0 Å². The highest BCUT2D eigenvalue weighted by Gasteiger charge is 2.43. The van der Waals surface area contributed by atoms with Gasteiger partial charge in [0, 0.05) is 36.6 Å². The van der Waals surface area contributed by atoms with Crippen LogP contribution in [0.5, 0.6) is 0 Å². The molecule has 0 bridgehead atoms. The van der Waals surface area contributed by atoms with Crippen molar-refractivity contribution in [2.45, 2.75) is 39.2 Å². The standard InChI is InChI=1S/C26H30FN5O/c1-2-18-13-28-26(29-14-18)32-9-6-19(7-10-32)24-11-23(24)17-33-16-22-4-3-20(12-25(22)27)21-5-8-30-31-15-21/h3-5,8,12-15,19,23-24H,2,6-7,9-11,16-17H2,1H3/t23-,24+/m0/s1. The maximum atomic E-state index is 14.5. The summed E-state index contributed by atoms with van der Waals surface area (Å²) in [6.45, 7) is 5.18. The zero-order chi connectivity index (χ0) is 22.6. The van der Waals surface area contributed by atoms with Crippen molar-refractivity contribution in [1.29, 1.82) is 0 Å². The minimum absolute atomic E-state index is 0.238. The van der Waals surface area contributed by atoms with Crippen molar-refractivity contribution >= 4 is 5.95 Å². The molecule has 0 radical (unpaired) electrons. The molecule has 33 heavy (non-hydrogen) atoms. The van der Waals surface area contributed by atoms with Gasteiger partial charge >= 0.3 is 0 Å². The lowest BCUT2D eigenvalue weighted by Gasteiger charge is -2.32. The predicted molar refractivity (Wildman–Crippen MR) is 125 cm³/mol. The zero-order valence-corrected chi connectivity index (χ0v) is 19.0. The van der Waals surface area contributed by atoms with Crippen LogP contribution in [0, 0.1) is 23.6 Å². The lowest BCUT2D eigenvalue weighted by Crippen LogP contribution is -2.35. The molecule has 2 atom stereocenters. The number of hydrogen-bond donors (Lipinski definition) is 0. The molecule has 1 aliphatic carbocycles. The Balaban J connectivity index is 1.06. The molecule has 5 rings (SSSR count). The van der Waals surface area contributed by atoms with E-state index in [0.717, 1.165) is 48.4 Å². The van der Waals surface area contributed by atoms with Crippen LogP contribution in [0.3, 0.4) is 0 Å². The smallest absolute Gasteiger partial charge is 0.225 e. The first-order valence-corrected chi connectivity index (χ1v) is 11.9. The van der Waals surface area contributed by atoms with Gasteiger partial charge in [-0.3, -0.25) is 0 Å². The van der Waals surface area contributed by atoms with Crippen LogP contribution in [-0.2, 0) is 17.8 Å². The zero-order valence-electron chi connectivity index (χ0n) is 19.0. The van der Waals surface area contributed by atoms with Gasteiger partial charge in [-0.15, -0.1) is 0 Å². The van der Waals surface area contributed by atoms with E-state index in [1.807, 2.05) is 24.5 Å². The van der Waals surface area contributed by atoms with Gasteiger partial charge in [0.05, 0.1) is 25.6 Å². The number of nitrogens with zero attached hydrogens (tertiary/aromatic N) is 5. The Kier molecular flexibility index (Phi) is 6.58. The first-order valence-electron chi connectivity index (χ1n) is 11.9. The number of halogens is 1. The van der Waals surface area contributed by atoms with E-state index >= 15 is 0 Å². The molecule has 0 unspecified atom stereocenters. The Labute approximate surface area is 194 Å².